The van der Waals surface area contributed by atoms with Gasteiger partial charge in [-0.25, -0.2) is 24.5 Å². The monoisotopic (exact) mass is 561 g/mol. The minimum Gasteiger partial charge on any atom is -0.478 e. The van der Waals surface area contributed by atoms with Crippen molar-refractivity contribution in [2.24, 2.45) is 0 Å². The van der Waals surface area contributed by atoms with Gasteiger partial charge in [-0.15, -0.1) is 0 Å². The smallest absolute Gasteiger partial charge is 0.337 e. The van der Waals surface area contributed by atoms with Crippen LogP contribution in [0, 0.1) is 0 Å². The van der Waals surface area contributed by atoms with E-state index in [1.165, 1.54) is 18.6 Å². The summed E-state index contributed by atoms with van der Waals surface area (Å²) in [5.74, 6) is -0.827. The first-order chi connectivity index (χ1) is 20.0. The molecule has 2 aliphatic heterocycles. The number of nitrogens with zero attached hydrogens (tertiary/aromatic N) is 5. The summed E-state index contributed by atoms with van der Waals surface area (Å²) in [6.07, 6.45) is 1.45. The van der Waals surface area contributed by atoms with Crippen molar-refractivity contribution in [2.45, 2.75) is 44.4 Å². The highest BCUT2D eigenvalue weighted by Crippen LogP contribution is 2.45. The number of fused-ring (bicyclic) bond motifs is 2. The number of carboxylic acids is 1. The molecule has 14 nitrogen and oxygen atoms in total. The number of ether oxygens (including phenoxy) is 4. The molecule has 2 saturated heterocycles. The summed E-state index contributed by atoms with van der Waals surface area (Å²) in [7, 11) is 0. The van der Waals surface area contributed by atoms with Crippen molar-refractivity contribution < 1.29 is 33.6 Å². The number of aromatic nitrogens is 5. The third-order valence-electron chi connectivity index (χ3n) is 6.76. The van der Waals surface area contributed by atoms with Gasteiger partial charge in [-0.05, 0) is 19.1 Å². The summed E-state index contributed by atoms with van der Waals surface area (Å²) >= 11 is 0. The summed E-state index contributed by atoms with van der Waals surface area (Å²) in [4.78, 5) is 40.8. The van der Waals surface area contributed by atoms with Gasteiger partial charge < -0.3 is 29.4 Å². The van der Waals surface area contributed by atoms with Gasteiger partial charge >= 0.3 is 12.0 Å². The van der Waals surface area contributed by atoms with Crippen LogP contribution in [0.5, 0.6) is 0 Å². The molecule has 0 spiro atoms. The van der Waals surface area contributed by atoms with Crippen LogP contribution in [0.2, 0.25) is 0 Å². The zero-order valence-electron chi connectivity index (χ0n) is 21.9. The topological polar surface area (TPSA) is 172 Å². The van der Waals surface area contributed by atoms with E-state index < -0.39 is 42.8 Å². The number of carbonyl (C=O) groups is 2. The average Bonchev–Trinajstić information content (AvgIpc) is 3.69. The second kappa shape index (κ2) is 11.5. The highest BCUT2D eigenvalue weighted by molar-refractivity contribution is 5.95. The van der Waals surface area contributed by atoms with Crippen LogP contribution in [-0.4, -0.2) is 73.1 Å². The summed E-state index contributed by atoms with van der Waals surface area (Å²) in [5.41, 5.74) is 2.05. The molecule has 4 unspecified atom stereocenters. The number of hydrogen-bond donors (Lipinski definition) is 3. The van der Waals surface area contributed by atoms with Crippen molar-refractivity contribution in [3.8, 4) is 0 Å². The van der Waals surface area contributed by atoms with Crippen LogP contribution in [0.15, 0.2) is 61.3 Å². The minimum absolute atomic E-state index is 0.0244. The maximum absolute atomic E-state index is 12.1. The first-order valence-corrected chi connectivity index (χ1v) is 13.0. The Kier molecular flexibility index (Phi) is 7.52. The van der Waals surface area contributed by atoms with E-state index in [9.17, 15) is 14.7 Å². The van der Waals surface area contributed by atoms with Crippen molar-refractivity contribution >= 4 is 29.0 Å². The Balaban J connectivity index is 1.25. The number of carboxylic acid groups (broad SMARTS) is 1. The van der Waals surface area contributed by atoms with Crippen molar-refractivity contribution in [1.29, 1.82) is 0 Å². The molecule has 0 saturated carbocycles. The largest absolute Gasteiger partial charge is 0.478 e. The number of anilines is 1. The minimum atomic E-state index is -1.08. The van der Waals surface area contributed by atoms with Gasteiger partial charge in [0.05, 0.1) is 30.8 Å². The Labute approximate surface area is 233 Å². The van der Waals surface area contributed by atoms with E-state index in [4.69, 9.17) is 18.9 Å². The molecule has 0 radical (unpaired) electrons. The van der Waals surface area contributed by atoms with E-state index >= 15 is 0 Å². The zero-order valence-corrected chi connectivity index (χ0v) is 21.9. The van der Waals surface area contributed by atoms with Crippen molar-refractivity contribution in [2.75, 3.05) is 18.5 Å². The Bertz CT molecular complexity index is 1550. The van der Waals surface area contributed by atoms with E-state index in [2.05, 4.69) is 30.6 Å². The van der Waals surface area contributed by atoms with Crippen LogP contribution in [0.3, 0.4) is 0 Å². The molecule has 5 heterocycles. The van der Waals surface area contributed by atoms with Gasteiger partial charge in [-0.1, -0.05) is 30.3 Å². The van der Waals surface area contributed by atoms with Crippen molar-refractivity contribution in [3.05, 3.63) is 78.1 Å². The summed E-state index contributed by atoms with van der Waals surface area (Å²) in [6, 6.07) is 12.2. The molecule has 0 aliphatic carbocycles. The molecule has 14 heteroatoms. The molecular formula is C27H27N7O7. The summed E-state index contributed by atoms with van der Waals surface area (Å²) in [6.45, 7) is 2.33. The molecule has 2 aliphatic rings. The molecule has 1 aromatic carbocycles. The molecule has 5 atom stereocenters. The van der Waals surface area contributed by atoms with Crippen LogP contribution < -0.4 is 10.6 Å². The Hall–Kier alpha value is -4.50. The lowest BCUT2D eigenvalue weighted by molar-refractivity contribution is -0.158. The molecular weight excluding hydrogens is 534 g/mol. The van der Waals surface area contributed by atoms with E-state index in [1.54, 1.807) is 17.0 Å². The average molecular weight is 562 g/mol. The van der Waals surface area contributed by atoms with Gasteiger partial charge in [0.15, 0.2) is 29.5 Å². The predicted molar refractivity (Wildman–Crippen MR) is 142 cm³/mol. The lowest BCUT2D eigenvalue weighted by atomic mass is 10.1. The van der Waals surface area contributed by atoms with Gasteiger partial charge in [-0.2, -0.15) is 0 Å². The normalized spacial score (nSPS) is 23.4. The van der Waals surface area contributed by atoms with Crippen LogP contribution in [0.25, 0.3) is 11.2 Å². The standard InChI is InChI=1S/C27H27N7O7/c1-2-28-27(37)33-22-19-23(31-13-30-22)34(14-32-19)24-21-20(40-26(41-21)15-7-4-3-5-8-15)18(39-24)12-38-11-17-16(25(35)36)9-6-10-29-17/h3-10,13-14,18,20-21,24,26H,2,11-12H2,1H3,(H,35,36)(H2,28,30,31,33,37)/t18?,20?,21?,24?,26-/m1/s1. The highest BCUT2D eigenvalue weighted by Gasteiger charge is 2.54. The number of imidazole rings is 1. The number of urea groups is 1. The van der Waals surface area contributed by atoms with Crippen LogP contribution in [0.1, 0.15) is 41.1 Å². The molecule has 3 aromatic heterocycles. The van der Waals surface area contributed by atoms with E-state index in [1.807, 2.05) is 37.3 Å². The predicted octanol–water partition coefficient (Wildman–Crippen LogP) is 2.66. The fourth-order valence-corrected chi connectivity index (χ4v) is 4.92. The Morgan fingerprint density at radius 1 is 1.02 bits per heavy atom. The van der Waals surface area contributed by atoms with Gasteiger partial charge in [-0.3, -0.25) is 14.9 Å². The number of aromatic carboxylic acids is 1. The molecule has 4 aromatic rings. The maximum atomic E-state index is 12.1. The number of hydrogen-bond acceptors (Lipinski definition) is 10. The van der Waals surface area contributed by atoms with Crippen LogP contribution in [-0.2, 0) is 25.6 Å². The van der Waals surface area contributed by atoms with Gasteiger partial charge in [0, 0.05) is 18.3 Å². The molecule has 2 amide bonds. The van der Waals surface area contributed by atoms with Gasteiger partial charge in [0.2, 0.25) is 0 Å². The maximum Gasteiger partial charge on any atom is 0.337 e. The fourth-order valence-electron chi connectivity index (χ4n) is 4.92. The number of nitrogens with one attached hydrogen (secondary N) is 2. The Morgan fingerprint density at radius 2 is 1.85 bits per heavy atom. The number of carbonyl (C=O) groups excluding carboxylic acids is 1. The Morgan fingerprint density at radius 3 is 2.66 bits per heavy atom. The van der Waals surface area contributed by atoms with E-state index in [0.29, 0.717) is 23.4 Å². The first-order valence-electron chi connectivity index (χ1n) is 13.0. The fraction of sp³-hybridized carbons (Fsp3) is 0.333. The number of amides is 2. The van der Waals surface area contributed by atoms with E-state index in [0.717, 1.165) is 5.56 Å². The molecule has 212 valence electrons. The highest BCUT2D eigenvalue weighted by atomic mass is 16.8. The molecule has 6 rings (SSSR count). The van der Waals surface area contributed by atoms with Crippen molar-refractivity contribution in [1.82, 2.24) is 29.8 Å². The molecule has 0 bridgehead atoms. The second-order valence-electron chi connectivity index (χ2n) is 9.36. The first kappa shape index (κ1) is 26.7. The number of rotatable bonds is 9. The summed E-state index contributed by atoms with van der Waals surface area (Å²) in [5, 5.41) is 14.8. The zero-order chi connectivity index (χ0) is 28.3. The second-order valence-corrected chi connectivity index (χ2v) is 9.36. The van der Waals surface area contributed by atoms with Crippen molar-refractivity contribution in [3.63, 3.8) is 0 Å². The summed E-state index contributed by atoms with van der Waals surface area (Å²) < 4.78 is 26.7. The van der Waals surface area contributed by atoms with Gasteiger partial charge in [0.1, 0.15) is 24.6 Å². The third-order valence-corrected chi connectivity index (χ3v) is 6.76. The van der Waals surface area contributed by atoms with Crippen LogP contribution in [0.4, 0.5) is 10.6 Å². The van der Waals surface area contributed by atoms with Gasteiger partial charge in [0.25, 0.3) is 0 Å². The number of pyridine rings is 1. The van der Waals surface area contributed by atoms with E-state index in [-0.39, 0.29) is 24.6 Å². The number of benzene rings is 1. The molecule has 41 heavy (non-hydrogen) atoms. The lowest BCUT2D eigenvalue weighted by Crippen LogP contribution is -2.31. The third kappa shape index (κ3) is 5.32. The molecule has 3 N–H and O–H groups in total. The SMILES string of the molecule is CCNC(=O)Nc1ncnc2c1ncn2C1OC(COCc2ncccc2C(=O)O)C2O[C@@H](c3ccccc3)OC21. The van der Waals surface area contributed by atoms with Crippen LogP contribution >= 0.6 is 0 Å². The lowest BCUT2D eigenvalue weighted by Gasteiger charge is -2.21. The quantitative estimate of drug-likeness (QED) is 0.274. The molecule has 2 fully saturated rings.